The number of benzene rings is 2. The molecule has 4 aromatic rings. The summed E-state index contributed by atoms with van der Waals surface area (Å²) in [6.45, 7) is 3.99. The minimum absolute atomic E-state index is 0.0364. The Hall–Kier alpha value is -4.37. The van der Waals surface area contributed by atoms with E-state index in [0.29, 0.717) is 22.7 Å². The number of fused-ring (bicyclic) bond motifs is 2. The molecule has 6 heteroatoms. The van der Waals surface area contributed by atoms with Crippen molar-refractivity contribution in [3.8, 4) is 11.8 Å². The molecule has 0 aliphatic heterocycles. The Labute approximate surface area is 210 Å². The lowest BCUT2D eigenvalue weighted by molar-refractivity contribution is -0.111. The lowest BCUT2D eigenvalue weighted by atomic mass is 9.87. The first-order chi connectivity index (χ1) is 17.5. The molecule has 36 heavy (non-hydrogen) atoms. The van der Waals surface area contributed by atoms with Crippen LogP contribution in [0.2, 0.25) is 0 Å². The molecule has 0 fully saturated rings. The Morgan fingerprint density at radius 2 is 2.03 bits per heavy atom. The standard InChI is InChI=1S/C30H28N4O2/c1-19-16-20(2)32-30-29(19)25(18-31)27(14-15-28(35)33-22-10-7-11-23(17-22)36-3)34(30)26-13-6-9-21-8-4-5-12-24(21)26/h4-5,7-8,10-12,14-17,26H,6,9,13H2,1-3H3,(H,33,35)/b15-14+/t26-/m0/s1. The molecule has 0 bridgehead atoms. The van der Waals surface area contributed by atoms with Crippen molar-refractivity contribution in [1.82, 2.24) is 9.55 Å². The smallest absolute Gasteiger partial charge is 0.248 e. The van der Waals surface area contributed by atoms with Gasteiger partial charge >= 0.3 is 0 Å². The van der Waals surface area contributed by atoms with E-state index in [9.17, 15) is 10.1 Å². The molecule has 2 aromatic carbocycles. The first kappa shape index (κ1) is 23.4. The summed E-state index contributed by atoms with van der Waals surface area (Å²) in [5.41, 5.74) is 7.16. The van der Waals surface area contributed by atoms with Gasteiger partial charge in [-0.15, -0.1) is 0 Å². The summed E-state index contributed by atoms with van der Waals surface area (Å²) >= 11 is 0. The quantitative estimate of drug-likeness (QED) is 0.352. The molecule has 6 nitrogen and oxygen atoms in total. The summed E-state index contributed by atoms with van der Waals surface area (Å²) in [4.78, 5) is 17.8. The number of anilines is 1. The molecule has 1 aliphatic carbocycles. The summed E-state index contributed by atoms with van der Waals surface area (Å²) in [7, 11) is 1.59. The number of amides is 1. The number of pyridine rings is 1. The Morgan fingerprint density at radius 1 is 1.19 bits per heavy atom. The van der Waals surface area contributed by atoms with E-state index >= 15 is 0 Å². The Bertz CT molecular complexity index is 1540. The molecule has 0 saturated carbocycles. The van der Waals surface area contributed by atoms with E-state index in [1.54, 1.807) is 25.3 Å². The lowest BCUT2D eigenvalue weighted by Gasteiger charge is -2.28. The normalized spacial score (nSPS) is 15.0. The van der Waals surface area contributed by atoms with Gasteiger partial charge in [-0.2, -0.15) is 5.26 Å². The average molecular weight is 477 g/mol. The molecular formula is C30H28N4O2. The second kappa shape index (κ2) is 9.71. The first-order valence-electron chi connectivity index (χ1n) is 12.1. The van der Waals surface area contributed by atoms with Crippen LogP contribution in [0.1, 0.15) is 52.5 Å². The average Bonchev–Trinajstić information content (AvgIpc) is 3.20. The Morgan fingerprint density at radius 3 is 2.83 bits per heavy atom. The van der Waals surface area contributed by atoms with Gasteiger partial charge in [0.2, 0.25) is 5.91 Å². The summed E-state index contributed by atoms with van der Waals surface area (Å²) in [5, 5.41) is 14.0. The van der Waals surface area contributed by atoms with Crippen LogP contribution < -0.4 is 10.1 Å². The van der Waals surface area contributed by atoms with Crippen LogP contribution in [0, 0.1) is 25.2 Å². The number of rotatable bonds is 5. The van der Waals surface area contributed by atoms with Gasteiger partial charge in [-0.3, -0.25) is 4.79 Å². The molecule has 1 aliphatic rings. The van der Waals surface area contributed by atoms with Crippen LogP contribution in [0.3, 0.4) is 0 Å². The van der Waals surface area contributed by atoms with Gasteiger partial charge in [0.05, 0.1) is 24.4 Å². The predicted molar refractivity (Wildman–Crippen MR) is 142 cm³/mol. The lowest BCUT2D eigenvalue weighted by Crippen LogP contribution is -2.19. The van der Waals surface area contributed by atoms with E-state index in [2.05, 4.69) is 40.2 Å². The predicted octanol–water partition coefficient (Wildman–Crippen LogP) is 6.11. The molecule has 2 heterocycles. The van der Waals surface area contributed by atoms with Crippen LogP contribution in [0.25, 0.3) is 17.1 Å². The zero-order chi connectivity index (χ0) is 25.2. The van der Waals surface area contributed by atoms with Gasteiger partial charge in [0.1, 0.15) is 17.5 Å². The SMILES string of the molecule is COc1cccc(NC(=O)/C=C/c2c(C#N)c3c(C)cc(C)nc3n2[C@H]2CCCc3ccccc32)c1. The second-order valence-electron chi connectivity index (χ2n) is 9.18. The fourth-order valence-corrected chi connectivity index (χ4v) is 5.29. The molecule has 0 spiro atoms. The van der Waals surface area contributed by atoms with Gasteiger partial charge in [0.15, 0.2) is 0 Å². The van der Waals surface area contributed by atoms with Crippen LogP contribution in [0.5, 0.6) is 5.75 Å². The number of methoxy groups -OCH3 is 1. The van der Waals surface area contributed by atoms with Crippen molar-refractivity contribution in [1.29, 1.82) is 5.26 Å². The third-order valence-corrected chi connectivity index (χ3v) is 6.81. The monoisotopic (exact) mass is 476 g/mol. The summed E-state index contributed by atoms with van der Waals surface area (Å²) in [6.07, 6.45) is 6.27. The van der Waals surface area contributed by atoms with Crippen LogP contribution in [-0.2, 0) is 11.2 Å². The van der Waals surface area contributed by atoms with Crippen molar-refractivity contribution in [2.75, 3.05) is 12.4 Å². The number of aromatic nitrogens is 2. The number of nitrogens with zero attached hydrogens (tertiary/aromatic N) is 3. The number of carbonyl (C=O) groups excluding carboxylic acids is 1. The fraction of sp³-hybridized carbons (Fsp3) is 0.233. The Kier molecular flexibility index (Phi) is 6.30. The number of carbonyl (C=O) groups is 1. The van der Waals surface area contributed by atoms with Gasteiger partial charge in [-0.05, 0) is 74.1 Å². The fourth-order valence-electron chi connectivity index (χ4n) is 5.29. The zero-order valence-electron chi connectivity index (χ0n) is 20.7. The van der Waals surface area contributed by atoms with Crippen LogP contribution in [0.4, 0.5) is 5.69 Å². The van der Waals surface area contributed by atoms with Crippen molar-refractivity contribution in [3.05, 3.63) is 94.3 Å². The van der Waals surface area contributed by atoms with Crippen molar-refractivity contribution in [2.24, 2.45) is 0 Å². The van der Waals surface area contributed by atoms with E-state index in [1.165, 1.54) is 17.2 Å². The molecule has 0 unspecified atom stereocenters. The van der Waals surface area contributed by atoms with Gasteiger partial charge in [0.25, 0.3) is 0 Å². The van der Waals surface area contributed by atoms with E-state index < -0.39 is 0 Å². The van der Waals surface area contributed by atoms with E-state index in [1.807, 2.05) is 32.0 Å². The molecule has 1 atom stereocenters. The number of aryl methyl sites for hydroxylation is 3. The highest BCUT2D eigenvalue weighted by Crippen LogP contribution is 2.39. The van der Waals surface area contributed by atoms with Crippen molar-refractivity contribution < 1.29 is 9.53 Å². The molecule has 5 rings (SSSR count). The van der Waals surface area contributed by atoms with Crippen molar-refractivity contribution in [2.45, 2.75) is 39.2 Å². The maximum atomic E-state index is 12.9. The molecular weight excluding hydrogens is 448 g/mol. The van der Waals surface area contributed by atoms with Crippen LogP contribution >= 0.6 is 0 Å². The number of nitriles is 1. The first-order valence-corrected chi connectivity index (χ1v) is 12.1. The van der Waals surface area contributed by atoms with E-state index in [4.69, 9.17) is 9.72 Å². The van der Waals surface area contributed by atoms with Crippen LogP contribution in [-0.4, -0.2) is 22.6 Å². The van der Waals surface area contributed by atoms with E-state index in [-0.39, 0.29) is 11.9 Å². The van der Waals surface area contributed by atoms with Gasteiger partial charge < -0.3 is 14.6 Å². The van der Waals surface area contributed by atoms with E-state index in [0.717, 1.165) is 41.6 Å². The number of hydrogen-bond donors (Lipinski definition) is 1. The zero-order valence-corrected chi connectivity index (χ0v) is 20.7. The molecule has 0 radical (unpaired) electrons. The number of hydrogen-bond acceptors (Lipinski definition) is 4. The summed E-state index contributed by atoms with van der Waals surface area (Å²) < 4.78 is 7.41. The van der Waals surface area contributed by atoms with Gasteiger partial charge in [-0.25, -0.2) is 4.98 Å². The van der Waals surface area contributed by atoms with Crippen molar-refractivity contribution >= 4 is 28.7 Å². The highest BCUT2D eigenvalue weighted by Gasteiger charge is 2.28. The summed E-state index contributed by atoms with van der Waals surface area (Å²) in [5.74, 6) is 0.380. The molecule has 1 N–H and O–H groups in total. The topological polar surface area (TPSA) is 79.9 Å². The third-order valence-electron chi connectivity index (χ3n) is 6.81. The molecule has 0 saturated heterocycles. The number of nitrogens with one attached hydrogen (secondary N) is 1. The highest BCUT2D eigenvalue weighted by atomic mass is 16.5. The summed E-state index contributed by atoms with van der Waals surface area (Å²) in [6, 6.07) is 20.2. The third kappa shape index (κ3) is 4.25. The van der Waals surface area contributed by atoms with Gasteiger partial charge in [-0.1, -0.05) is 30.3 Å². The largest absolute Gasteiger partial charge is 0.497 e. The van der Waals surface area contributed by atoms with Crippen LogP contribution in [0.15, 0.2) is 60.7 Å². The van der Waals surface area contributed by atoms with Gasteiger partial charge in [0, 0.05) is 28.9 Å². The maximum absolute atomic E-state index is 12.9. The van der Waals surface area contributed by atoms with Crippen molar-refractivity contribution in [3.63, 3.8) is 0 Å². The Balaban J connectivity index is 1.63. The number of ether oxygens (including phenoxy) is 1. The minimum Gasteiger partial charge on any atom is -0.497 e. The molecule has 180 valence electrons. The second-order valence-corrected chi connectivity index (χ2v) is 9.18. The molecule has 2 aromatic heterocycles. The molecule has 1 amide bonds. The minimum atomic E-state index is -0.283. The maximum Gasteiger partial charge on any atom is 0.248 e. The highest BCUT2D eigenvalue weighted by molar-refractivity contribution is 6.03.